The van der Waals surface area contributed by atoms with Crippen LogP contribution in [0.25, 0.3) is 0 Å². The SMILES string of the molecule is CC(C(=O)Br)C(=O)Br. The van der Waals surface area contributed by atoms with E-state index in [1.54, 1.807) is 0 Å². The summed E-state index contributed by atoms with van der Waals surface area (Å²) in [6.07, 6.45) is 0. The third-order valence-electron chi connectivity index (χ3n) is 0.681. The van der Waals surface area contributed by atoms with Gasteiger partial charge in [-0.1, -0.05) is 0 Å². The summed E-state index contributed by atoms with van der Waals surface area (Å²) in [6, 6.07) is 0. The third kappa shape index (κ3) is 2.57. The van der Waals surface area contributed by atoms with E-state index in [1.807, 2.05) is 0 Å². The van der Waals surface area contributed by atoms with Crippen LogP contribution >= 0.6 is 31.9 Å². The van der Waals surface area contributed by atoms with Crippen LogP contribution < -0.4 is 0 Å². The minimum Gasteiger partial charge on any atom is -0.286 e. The van der Waals surface area contributed by atoms with Crippen LogP contribution in [0.3, 0.4) is 0 Å². The lowest BCUT2D eigenvalue weighted by Crippen LogP contribution is -2.09. The molecule has 0 amide bonds. The molecule has 0 unspecified atom stereocenters. The third-order valence-corrected chi connectivity index (χ3v) is 2.05. The molecule has 0 aromatic heterocycles. The van der Waals surface area contributed by atoms with Gasteiger partial charge in [0.05, 0.1) is 5.92 Å². The molecule has 0 aliphatic carbocycles. The molecule has 0 bridgehead atoms. The highest BCUT2D eigenvalue weighted by Crippen LogP contribution is 2.07. The smallest absolute Gasteiger partial charge is 0.208 e. The summed E-state index contributed by atoms with van der Waals surface area (Å²) < 4.78 is -0.584. The summed E-state index contributed by atoms with van der Waals surface area (Å²) in [7, 11) is 0. The monoisotopic (exact) mass is 242 g/mol. The van der Waals surface area contributed by atoms with Gasteiger partial charge in [-0.15, -0.1) is 0 Å². The first-order valence-corrected chi connectivity index (χ1v) is 3.53. The number of hydrogen-bond acceptors (Lipinski definition) is 2. The van der Waals surface area contributed by atoms with Crippen molar-refractivity contribution < 1.29 is 9.59 Å². The molecule has 0 atom stereocenters. The van der Waals surface area contributed by atoms with Crippen molar-refractivity contribution in [3.05, 3.63) is 0 Å². The Hall–Kier alpha value is 0.300. The zero-order chi connectivity index (χ0) is 6.73. The van der Waals surface area contributed by atoms with Crippen LogP contribution in [0.4, 0.5) is 0 Å². The summed E-state index contributed by atoms with van der Waals surface area (Å²) in [5.41, 5.74) is 0. The first kappa shape index (κ1) is 8.30. The standard InChI is InChI=1S/C4H4Br2O2/c1-2(3(5)7)4(6)8/h2H,1H3. The van der Waals surface area contributed by atoms with E-state index >= 15 is 0 Å². The van der Waals surface area contributed by atoms with E-state index in [-0.39, 0.29) is 9.39 Å². The second kappa shape index (κ2) is 3.35. The Bertz CT molecular complexity index is 107. The average Bonchev–Trinajstić information content (AvgIpc) is 1.64. The van der Waals surface area contributed by atoms with E-state index in [0.29, 0.717) is 0 Å². The van der Waals surface area contributed by atoms with Gasteiger partial charge in [0, 0.05) is 0 Å². The Balaban J connectivity index is 3.83. The molecular weight excluding hydrogens is 240 g/mol. The van der Waals surface area contributed by atoms with Crippen LogP contribution in [0.2, 0.25) is 0 Å². The average molecular weight is 244 g/mol. The molecule has 0 rings (SSSR count). The fourth-order valence-electron chi connectivity index (χ4n) is 0.0892. The molecule has 0 spiro atoms. The molecule has 0 N–H and O–H groups in total. The Morgan fingerprint density at radius 2 is 1.50 bits per heavy atom. The highest BCUT2D eigenvalue weighted by Gasteiger charge is 2.14. The van der Waals surface area contributed by atoms with Crippen LogP contribution in [0.15, 0.2) is 0 Å². The van der Waals surface area contributed by atoms with Crippen molar-refractivity contribution in [2.45, 2.75) is 6.92 Å². The normalized spacial score (nSPS) is 9.50. The number of halogens is 2. The fraction of sp³-hybridized carbons (Fsp3) is 0.500. The lowest BCUT2D eigenvalue weighted by molar-refractivity contribution is -0.121. The summed E-state index contributed by atoms with van der Waals surface area (Å²) in [5, 5.41) is 0. The Labute approximate surface area is 63.9 Å². The molecule has 8 heavy (non-hydrogen) atoms. The maximum Gasteiger partial charge on any atom is 0.208 e. The van der Waals surface area contributed by atoms with Gasteiger partial charge in [0.15, 0.2) is 0 Å². The number of hydrogen-bond donors (Lipinski definition) is 0. The highest BCUT2D eigenvalue weighted by molar-refractivity contribution is 9.19. The van der Waals surface area contributed by atoms with Crippen LogP contribution in [0.1, 0.15) is 6.92 Å². The van der Waals surface area contributed by atoms with Crippen molar-refractivity contribution >= 4 is 41.2 Å². The van der Waals surface area contributed by atoms with Crippen molar-refractivity contribution in [1.29, 1.82) is 0 Å². The van der Waals surface area contributed by atoms with Crippen LogP contribution in [-0.4, -0.2) is 9.39 Å². The van der Waals surface area contributed by atoms with E-state index < -0.39 is 5.92 Å². The van der Waals surface area contributed by atoms with Crippen molar-refractivity contribution in [1.82, 2.24) is 0 Å². The molecule has 0 aromatic rings. The van der Waals surface area contributed by atoms with E-state index in [1.165, 1.54) is 6.92 Å². The van der Waals surface area contributed by atoms with Crippen molar-refractivity contribution in [2.24, 2.45) is 5.92 Å². The second-order valence-electron chi connectivity index (χ2n) is 1.33. The van der Waals surface area contributed by atoms with Crippen molar-refractivity contribution in [2.75, 3.05) is 0 Å². The van der Waals surface area contributed by atoms with Gasteiger partial charge in [-0.25, -0.2) is 0 Å². The van der Waals surface area contributed by atoms with Crippen molar-refractivity contribution in [3.8, 4) is 0 Å². The summed E-state index contributed by atoms with van der Waals surface area (Å²) in [6.45, 7) is 1.52. The molecule has 0 saturated carbocycles. The molecule has 0 heterocycles. The fourth-order valence-corrected chi connectivity index (χ4v) is 0.812. The molecule has 0 radical (unpaired) electrons. The molecule has 0 fully saturated rings. The van der Waals surface area contributed by atoms with Gasteiger partial charge in [0.25, 0.3) is 0 Å². The molecule has 0 aromatic carbocycles. The first-order chi connectivity index (χ1) is 3.55. The first-order valence-electron chi connectivity index (χ1n) is 1.94. The van der Waals surface area contributed by atoms with Crippen LogP contribution in [0, 0.1) is 5.92 Å². The maximum absolute atomic E-state index is 10.3. The predicted molar refractivity (Wildman–Crippen MR) is 37.0 cm³/mol. The lowest BCUT2D eigenvalue weighted by atomic mass is 10.2. The minimum absolute atomic E-state index is 0.292. The zero-order valence-electron chi connectivity index (χ0n) is 4.15. The van der Waals surface area contributed by atoms with E-state index in [2.05, 4.69) is 31.9 Å². The molecule has 2 nitrogen and oxygen atoms in total. The predicted octanol–water partition coefficient (Wildman–Crippen LogP) is 1.47. The Morgan fingerprint density at radius 1 is 1.25 bits per heavy atom. The zero-order valence-corrected chi connectivity index (χ0v) is 7.32. The molecule has 4 heteroatoms. The summed E-state index contributed by atoms with van der Waals surface area (Å²) in [4.78, 5) is 20.5. The van der Waals surface area contributed by atoms with Gasteiger partial charge >= 0.3 is 0 Å². The van der Waals surface area contributed by atoms with Crippen LogP contribution in [-0.2, 0) is 9.59 Å². The largest absolute Gasteiger partial charge is 0.286 e. The molecule has 0 aliphatic heterocycles. The van der Waals surface area contributed by atoms with Gasteiger partial charge in [-0.05, 0) is 38.8 Å². The lowest BCUT2D eigenvalue weighted by Gasteiger charge is -1.94. The van der Waals surface area contributed by atoms with Gasteiger partial charge in [0.1, 0.15) is 0 Å². The topological polar surface area (TPSA) is 34.1 Å². The van der Waals surface area contributed by atoms with Crippen LogP contribution in [0.5, 0.6) is 0 Å². The number of rotatable bonds is 2. The molecular formula is C4H4Br2O2. The Kier molecular flexibility index (Phi) is 3.48. The molecule has 0 aliphatic rings. The number of carbonyl (C=O) groups is 2. The van der Waals surface area contributed by atoms with E-state index in [9.17, 15) is 9.59 Å². The second-order valence-corrected chi connectivity index (χ2v) is 2.89. The highest BCUT2D eigenvalue weighted by atomic mass is 79.9. The van der Waals surface area contributed by atoms with Gasteiger partial charge < -0.3 is 0 Å². The van der Waals surface area contributed by atoms with E-state index in [4.69, 9.17) is 0 Å². The van der Waals surface area contributed by atoms with Gasteiger partial charge in [-0.3, -0.25) is 9.59 Å². The summed E-state index contributed by atoms with van der Waals surface area (Å²) in [5.74, 6) is -0.574. The quantitative estimate of drug-likeness (QED) is 0.544. The van der Waals surface area contributed by atoms with E-state index in [0.717, 1.165) is 0 Å². The van der Waals surface area contributed by atoms with Gasteiger partial charge in [-0.2, -0.15) is 0 Å². The van der Waals surface area contributed by atoms with Crippen molar-refractivity contribution in [3.63, 3.8) is 0 Å². The molecule has 0 saturated heterocycles. The van der Waals surface area contributed by atoms with Gasteiger partial charge in [0.2, 0.25) is 9.39 Å². The minimum atomic E-state index is -0.574. The maximum atomic E-state index is 10.3. The summed E-state index contributed by atoms with van der Waals surface area (Å²) >= 11 is 5.30. The Morgan fingerprint density at radius 3 is 1.50 bits per heavy atom. The molecule has 46 valence electrons. The number of carbonyl (C=O) groups excluding carboxylic acids is 2.